The van der Waals surface area contributed by atoms with E-state index in [0.29, 0.717) is 32.1 Å². The third kappa shape index (κ3) is 44.7. The smallest absolute Gasteiger partial charge is 0.472 e. The van der Waals surface area contributed by atoms with Gasteiger partial charge in [0.25, 0.3) is 0 Å². The zero-order valence-electron chi connectivity index (χ0n) is 40.7. The van der Waals surface area contributed by atoms with Gasteiger partial charge in [-0.3, -0.25) is 23.4 Å². The molecule has 0 aliphatic carbocycles. The fraction of sp³-hybridized carbons (Fsp3) is 0.712. The van der Waals surface area contributed by atoms with Crippen LogP contribution in [0.1, 0.15) is 194 Å². The van der Waals surface area contributed by atoms with E-state index in [-0.39, 0.29) is 12.8 Å². The molecule has 0 aliphatic rings. The Kier molecular flexibility index (Phi) is 43.4. The number of aliphatic hydroxyl groups excluding tert-OH is 2. The number of hydrogen-bond acceptors (Lipinski definition) is 11. The lowest BCUT2D eigenvalue weighted by Gasteiger charge is -2.20. The average molecular weight is 952 g/mol. The molecule has 0 amide bonds. The van der Waals surface area contributed by atoms with Crippen molar-refractivity contribution in [2.45, 2.75) is 218 Å². The van der Waals surface area contributed by atoms with Crippen LogP contribution in [0.15, 0.2) is 72.9 Å². The second-order valence-corrected chi connectivity index (χ2v) is 18.4. The Morgan fingerprint density at radius 3 is 1.61 bits per heavy atom. The first-order valence-corrected chi connectivity index (χ1v) is 26.7. The van der Waals surface area contributed by atoms with Crippen LogP contribution >= 0.6 is 7.82 Å². The highest BCUT2D eigenvalue weighted by atomic mass is 31.2. The number of hydrogen-bond donors (Lipinski definition) is 5. The van der Waals surface area contributed by atoms with Gasteiger partial charge in [0.1, 0.15) is 12.6 Å². The number of aliphatic hydroxyl groups is 2. The monoisotopic (exact) mass is 952 g/mol. The molecule has 380 valence electrons. The number of ether oxygens (including phenoxy) is 2. The number of allylic oxidation sites excluding steroid dienone is 8. The summed E-state index contributed by atoms with van der Waals surface area (Å²) in [6.07, 6.45) is 49.0. The van der Waals surface area contributed by atoms with E-state index in [1.807, 2.05) is 49.5 Å². The van der Waals surface area contributed by atoms with Crippen molar-refractivity contribution in [2.24, 2.45) is 5.73 Å². The number of carboxylic acids is 1. The third-order valence-electron chi connectivity index (χ3n) is 10.6. The first kappa shape index (κ1) is 62.8. The molecule has 0 aromatic carbocycles. The predicted octanol–water partition coefficient (Wildman–Crippen LogP) is 12.0. The molecule has 0 aromatic rings. The molecule has 14 heteroatoms. The fourth-order valence-corrected chi connectivity index (χ4v) is 7.47. The summed E-state index contributed by atoms with van der Waals surface area (Å²) in [5, 5.41) is 29.0. The second kappa shape index (κ2) is 45.6. The van der Waals surface area contributed by atoms with Crippen LogP contribution in [-0.4, -0.2) is 82.3 Å². The number of esters is 2. The number of carboxylic acid groups (broad SMARTS) is 1. The second-order valence-electron chi connectivity index (χ2n) is 17.0. The number of nitrogens with two attached hydrogens (primary N) is 1. The molecule has 1 unspecified atom stereocenters. The molecule has 5 atom stereocenters. The normalized spacial score (nSPS) is 15.1. The van der Waals surface area contributed by atoms with E-state index in [0.717, 1.165) is 25.7 Å². The summed E-state index contributed by atoms with van der Waals surface area (Å²) in [5.41, 5.74) is 5.34. The summed E-state index contributed by atoms with van der Waals surface area (Å²) in [4.78, 5) is 46.2. The SMILES string of the molecule is CC/C=C\C[C@H](O)/C=C/C=C\C/C=C\C=C\[C@H](O)/C=C\CCCC(=O)O[C@H](COC(=O)CCCCCCCCCCCCCCCCCCCCCCC)COP(=O)(O)OC[C@H](N)C(=O)O. The molecule has 0 rings (SSSR count). The molecule has 0 saturated carbocycles. The number of phosphoric ester groups is 1. The van der Waals surface area contributed by atoms with Gasteiger partial charge in [-0.05, 0) is 38.5 Å². The summed E-state index contributed by atoms with van der Waals surface area (Å²) in [6, 6.07) is -1.56. The van der Waals surface area contributed by atoms with Crippen molar-refractivity contribution in [3.63, 3.8) is 0 Å². The van der Waals surface area contributed by atoms with Gasteiger partial charge >= 0.3 is 25.7 Å². The molecular formula is C52H90NO12P. The number of unbranched alkanes of at least 4 members (excludes halogenated alkanes) is 21. The maximum Gasteiger partial charge on any atom is 0.472 e. The highest BCUT2D eigenvalue weighted by molar-refractivity contribution is 7.47. The van der Waals surface area contributed by atoms with E-state index in [1.54, 1.807) is 30.4 Å². The Hall–Kier alpha value is -3.16. The maximum absolute atomic E-state index is 12.7. The lowest BCUT2D eigenvalue weighted by Crippen LogP contribution is -2.34. The molecule has 0 spiro atoms. The highest BCUT2D eigenvalue weighted by Crippen LogP contribution is 2.43. The lowest BCUT2D eigenvalue weighted by atomic mass is 10.0. The van der Waals surface area contributed by atoms with E-state index < -0.39 is 69.9 Å². The van der Waals surface area contributed by atoms with Crippen LogP contribution in [0.3, 0.4) is 0 Å². The van der Waals surface area contributed by atoms with Gasteiger partial charge < -0.3 is 35.4 Å². The summed E-state index contributed by atoms with van der Waals surface area (Å²) < 4.78 is 32.7. The lowest BCUT2D eigenvalue weighted by molar-refractivity contribution is -0.161. The van der Waals surface area contributed by atoms with E-state index in [2.05, 4.69) is 11.4 Å². The van der Waals surface area contributed by atoms with Gasteiger partial charge in [0.2, 0.25) is 0 Å². The zero-order chi connectivity index (χ0) is 48.8. The molecular weight excluding hydrogens is 862 g/mol. The third-order valence-corrected chi connectivity index (χ3v) is 11.6. The quantitative estimate of drug-likeness (QED) is 0.0126. The summed E-state index contributed by atoms with van der Waals surface area (Å²) in [6.45, 7) is 2.44. The van der Waals surface area contributed by atoms with Crippen molar-refractivity contribution in [1.29, 1.82) is 0 Å². The van der Waals surface area contributed by atoms with Crippen LogP contribution in [0, 0.1) is 0 Å². The molecule has 66 heavy (non-hydrogen) atoms. The van der Waals surface area contributed by atoms with Crippen LogP contribution < -0.4 is 5.73 Å². The van der Waals surface area contributed by atoms with E-state index in [4.69, 9.17) is 24.8 Å². The Labute approximate surface area is 398 Å². The molecule has 0 aromatic heterocycles. The van der Waals surface area contributed by atoms with Crippen molar-refractivity contribution in [3.8, 4) is 0 Å². The molecule has 13 nitrogen and oxygen atoms in total. The molecule has 0 aliphatic heterocycles. The molecule has 0 saturated heterocycles. The van der Waals surface area contributed by atoms with E-state index >= 15 is 0 Å². The van der Waals surface area contributed by atoms with Crippen LogP contribution in [0.5, 0.6) is 0 Å². The van der Waals surface area contributed by atoms with Crippen LogP contribution in [-0.2, 0) is 37.5 Å². The minimum absolute atomic E-state index is 0.0266. The molecule has 6 N–H and O–H groups in total. The topological polar surface area (TPSA) is 212 Å². The van der Waals surface area contributed by atoms with Gasteiger partial charge in [-0.2, -0.15) is 0 Å². The van der Waals surface area contributed by atoms with Crippen molar-refractivity contribution >= 4 is 25.7 Å². The summed E-state index contributed by atoms with van der Waals surface area (Å²) in [7, 11) is -4.78. The molecule has 0 heterocycles. The Bertz CT molecular complexity index is 1430. The van der Waals surface area contributed by atoms with Gasteiger partial charge in [0.05, 0.1) is 25.4 Å². The summed E-state index contributed by atoms with van der Waals surface area (Å²) in [5.74, 6) is -2.59. The van der Waals surface area contributed by atoms with Crippen LogP contribution in [0.2, 0.25) is 0 Å². The Morgan fingerprint density at radius 2 is 1.08 bits per heavy atom. The predicted molar refractivity (Wildman–Crippen MR) is 266 cm³/mol. The van der Waals surface area contributed by atoms with Crippen molar-refractivity contribution in [1.82, 2.24) is 0 Å². The Balaban J connectivity index is 4.47. The van der Waals surface area contributed by atoms with Crippen molar-refractivity contribution in [2.75, 3.05) is 19.8 Å². The maximum atomic E-state index is 12.7. The first-order valence-electron chi connectivity index (χ1n) is 25.2. The zero-order valence-corrected chi connectivity index (χ0v) is 41.6. The standard InChI is InChI=1S/C52H90NO12P/c1-3-5-7-8-9-10-11-12-13-14-15-16-17-18-19-20-21-22-26-29-35-41-50(56)62-43-48(44-63-66(60,61)64-45-49(53)52(58)59)65-51(57)42-36-30-34-40-47(55)39-33-28-25-23-24-27-32-38-46(54)37-31-6-4-2/h6,24-25,27-28,31-34,38-40,46-49,54-55H,3-5,7-23,26,29-30,35-37,41-45,53H2,1-2H3,(H,58,59)(H,60,61)/b27-24-,28-25-,31-6-,38-32+,39-33+,40-34-/t46-,47-,48+,49-/m0/s1. The van der Waals surface area contributed by atoms with Gasteiger partial charge in [-0.15, -0.1) is 0 Å². The fourth-order valence-electron chi connectivity index (χ4n) is 6.69. The number of rotatable bonds is 46. The molecule has 0 radical (unpaired) electrons. The van der Waals surface area contributed by atoms with Crippen molar-refractivity contribution < 1.29 is 57.7 Å². The molecule has 0 fully saturated rings. The molecule has 0 bridgehead atoms. The Morgan fingerprint density at radius 1 is 0.576 bits per heavy atom. The largest absolute Gasteiger partial charge is 0.480 e. The first-order chi connectivity index (χ1) is 31.9. The van der Waals surface area contributed by atoms with Gasteiger partial charge in [0, 0.05) is 12.8 Å². The van der Waals surface area contributed by atoms with Crippen LogP contribution in [0.25, 0.3) is 0 Å². The van der Waals surface area contributed by atoms with Gasteiger partial charge in [-0.1, -0.05) is 215 Å². The average Bonchev–Trinajstić information content (AvgIpc) is 3.28. The summed E-state index contributed by atoms with van der Waals surface area (Å²) >= 11 is 0. The van der Waals surface area contributed by atoms with E-state index in [9.17, 15) is 34.1 Å². The van der Waals surface area contributed by atoms with Crippen LogP contribution in [0.4, 0.5) is 0 Å². The highest BCUT2D eigenvalue weighted by Gasteiger charge is 2.28. The minimum atomic E-state index is -4.78. The number of carbonyl (C=O) groups excluding carboxylic acids is 2. The van der Waals surface area contributed by atoms with E-state index in [1.165, 1.54) is 109 Å². The van der Waals surface area contributed by atoms with Crippen molar-refractivity contribution in [3.05, 3.63) is 72.9 Å². The number of carbonyl (C=O) groups is 3. The number of aliphatic carboxylic acids is 1. The minimum Gasteiger partial charge on any atom is -0.480 e. The van der Waals surface area contributed by atoms with Gasteiger partial charge in [0.15, 0.2) is 6.10 Å². The van der Waals surface area contributed by atoms with Gasteiger partial charge in [-0.25, -0.2) is 4.57 Å². The number of phosphoric acid groups is 1.